The molecule has 1 aliphatic heterocycles. The first-order valence-corrected chi connectivity index (χ1v) is 6.16. The molecule has 2 atom stereocenters. The molecule has 1 fully saturated rings. The molecular weight excluding hydrogens is 234 g/mol. The molecule has 1 aromatic rings. The van der Waals surface area contributed by atoms with Crippen LogP contribution in [-0.2, 0) is 9.47 Å². The summed E-state index contributed by atoms with van der Waals surface area (Å²) in [5.74, 6) is 0.651. The molecule has 2 unspecified atom stereocenters. The van der Waals surface area contributed by atoms with Crippen LogP contribution >= 0.6 is 0 Å². The van der Waals surface area contributed by atoms with E-state index in [1.165, 1.54) is 0 Å². The number of nitrogens with zero attached hydrogens (tertiary/aromatic N) is 1. The first kappa shape index (κ1) is 13.3. The quantitative estimate of drug-likeness (QED) is 0.876. The maximum absolute atomic E-state index is 10.2. The molecule has 0 spiro atoms. The molecule has 0 aromatic carbocycles. The highest BCUT2D eigenvalue weighted by molar-refractivity contribution is 5.26. The van der Waals surface area contributed by atoms with Crippen LogP contribution in [0.2, 0.25) is 0 Å². The summed E-state index contributed by atoms with van der Waals surface area (Å²) < 4.78 is 16.3. The molecule has 1 aromatic heterocycles. The number of aromatic nitrogens is 1. The minimum Gasteiger partial charge on any atom is -0.489 e. The summed E-state index contributed by atoms with van der Waals surface area (Å²) >= 11 is 0. The van der Waals surface area contributed by atoms with Gasteiger partial charge in [-0.3, -0.25) is 4.98 Å². The van der Waals surface area contributed by atoms with Gasteiger partial charge in [0, 0.05) is 11.8 Å². The molecule has 18 heavy (non-hydrogen) atoms. The summed E-state index contributed by atoms with van der Waals surface area (Å²) in [4.78, 5) is 4.07. The molecule has 0 bridgehead atoms. The molecule has 5 heteroatoms. The Kier molecular flexibility index (Phi) is 4.52. The largest absolute Gasteiger partial charge is 0.489 e. The van der Waals surface area contributed by atoms with E-state index in [1.54, 1.807) is 18.5 Å². The predicted molar refractivity (Wildman–Crippen MR) is 65.5 cm³/mol. The van der Waals surface area contributed by atoms with Crippen LogP contribution in [0.5, 0.6) is 5.75 Å². The summed E-state index contributed by atoms with van der Waals surface area (Å²) in [7, 11) is 0. The highest BCUT2D eigenvalue weighted by Crippen LogP contribution is 2.24. The maximum Gasteiger partial charge on any atom is 0.138 e. The van der Waals surface area contributed by atoms with E-state index in [0.717, 1.165) is 0 Å². The van der Waals surface area contributed by atoms with Gasteiger partial charge in [-0.05, 0) is 19.9 Å². The maximum atomic E-state index is 10.2. The molecule has 1 saturated heterocycles. The Morgan fingerprint density at radius 2 is 2.22 bits per heavy atom. The van der Waals surface area contributed by atoms with Crippen LogP contribution in [0.1, 0.15) is 25.5 Å². The van der Waals surface area contributed by atoms with Gasteiger partial charge in [-0.1, -0.05) is 0 Å². The number of aliphatic hydroxyl groups is 1. The molecule has 0 aliphatic carbocycles. The van der Waals surface area contributed by atoms with Crippen LogP contribution in [0.4, 0.5) is 0 Å². The van der Waals surface area contributed by atoms with E-state index in [0.29, 0.717) is 31.1 Å². The van der Waals surface area contributed by atoms with E-state index in [9.17, 15) is 5.11 Å². The summed E-state index contributed by atoms with van der Waals surface area (Å²) in [6.45, 7) is 5.38. The monoisotopic (exact) mass is 253 g/mol. The van der Waals surface area contributed by atoms with Crippen molar-refractivity contribution in [1.82, 2.24) is 4.98 Å². The molecular formula is C13H19NO4. The molecule has 1 N–H and O–H groups in total. The number of hydrogen-bond donors (Lipinski definition) is 1. The summed E-state index contributed by atoms with van der Waals surface area (Å²) in [5.41, 5.74) is 0.684. The van der Waals surface area contributed by atoms with E-state index in [2.05, 4.69) is 4.98 Å². The Morgan fingerprint density at radius 1 is 1.39 bits per heavy atom. The molecule has 2 rings (SSSR count). The number of aliphatic hydroxyl groups excluding tert-OH is 1. The zero-order valence-electron chi connectivity index (χ0n) is 10.7. The number of ether oxygens (including phenoxy) is 3. The summed E-state index contributed by atoms with van der Waals surface area (Å²) in [6, 6.07) is 1.79. The van der Waals surface area contributed by atoms with Crippen LogP contribution in [0.25, 0.3) is 0 Å². The third kappa shape index (κ3) is 3.41. The van der Waals surface area contributed by atoms with Crippen LogP contribution in [0, 0.1) is 0 Å². The second kappa shape index (κ2) is 6.13. The van der Waals surface area contributed by atoms with E-state index in [-0.39, 0.29) is 12.2 Å². The molecule has 1 aliphatic rings. The summed E-state index contributed by atoms with van der Waals surface area (Å²) in [6.07, 6.45) is 2.25. The zero-order valence-corrected chi connectivity index (χ0v) is 10.7. The van der Waals surface area contributed by atoms with Crippen molar-refractivity contribution in [2.45, 2.75) is 32.2 Å². The van der Waals surface area contributed by atoms with E-state index in [4.69, 9.17) is 14.2 Å². The third-order valence-electron chi connectivity index (χ3n) is 2.64. The fraction of sp³-hybridized carbons (Fsp3) is 0.615. The molecule has 0 saturated carbocycles. The first-order valence-electron chi connectivity index (χ1n) is 6.16. The highest BCUT2D eigenvalue weighted by Gasteiger charge is 2.25. The highest BCUT2D eigenvalue weighted by atomic mass is 16.6. The number of rotatable bonds is 4. The fourth-order valence-electron chi connectivity index (χ4n) is 1.84. The van der Waals surface area contributed by atoms with Gasteiger partial charge in [-0.25, -0.2) is 0 Å². The van der Waals surface area contributed by atoms with Crippen molar-refractivity contribution >= 4 is 0 Å². The van der Waals surface area contributed by atoms with Gasteiger partial charge in [-0.15, -0.1) is 0 Å². The number of hydrogen-bond acceptors (Lipinski definition) is 5. The van der Waals surface area contributed by atoms with Gasteiger partial charge in [0.05, 0.1) is 32.1 Å². The van der Waals surface area contributed by atoms with Crippen LogP contribution in [-0.4, -0.2) is 42.1 Å². The van der Waals surface area contributed by atoms with Gasteiger partial charge < -0.3 is 19.3 Å². The average molecular weight is 253 g/mol. The van der Waals surface area contributed by atoms with Gasteiger partial charge in [-0.2, -0.15) is 0 Å². The normalized spacial score (nSPS) is 21.9. The second-order valence-electron chi connectivity index (χ2n) is 4.55. The van der Waals surface area contributed by atoms with Crippen molar-refractivity contribution < 1.29 is 19.3 Å². The standard InChI is InChI=1S/C13H19NO4/c1-9(2)18-11-5-10(6-14-7-11)13(15)12-8-16-3-4-17-12/h5-7,9,12-13,15H,3-4,8H2,1-2H3. The van der Waals surface area contributed by atoms with E-state index < -0.39 is 6.10 Å². The average Bonchev–Trinajstić information content (AvgIpc) is 2.38. The Morgan fingerprint density at radius 3 is 2.89 bits per heavy atom. The van der Waals surface area contributed by atoms with Crippen molar-refractivity contribution in [2.24, 2.45) is 0 Å². The topological polar surface area (TPSA) is 60.8 Å². The van der Waals surface area contributed by atoms with Crippen molar-refractivity contribution in [2.75, 3.05) is 19.8 Å². The predicted octanol–water partition coefficient (Wildman–Crippen LogP) is 1.32. The lowest BCUT2D eigenvalue weighted by atomic mass is 10.1. The Bertz CT molecular complexity index is 377. The second-order valence-corrected chi connectivity index (χ2v) is 4.55. The SMILES string of the molecule is CC(C)Oc1cncc(C(O)C2COCCO2)c1. The molecule has 0 amide bonds. The first-order chi connectivity index (χ1) is 8.66. The van der Waals surface area contributed by atoms with Crippen LogP contribution < -0.4 is 4.74 Å². The third-order valence-corrected chi connectivity index (χ3v) is 2.64. The van der Waals surface area contributed by atoms with Gasteiger partial charge in [0.2, 0.25) is 0 Å². The van der Waals surface area contributed by atoms with E-state index >= 15 is 0 Å². The lowest BCUT2D eigenvalue weighted by molar-refractivity contribution is -0.133. The van der Waals surface area contributed by atoms with E-state index in [1.807, 2.05) is 13.8 Å². The molecule has 0 radical (unpaired) electrons. The smallest absolute Gasteiger partial charge is 0.138 e. The minimum absolute atomic E-state index is 0.0773. The minimum atomic E-state index is -0.742. The lowest BCUT2D eigenvalue weighted by Crippen LogP contribution is -2.33. The van der Waals surface area contributed by atoms with Crippen LogP contribution in [0.3, 0.4) is 0 Å². The molecule has 100 valence electrons. The lowest BCUT2D eigenvalue weighted by Gasteiger charge is -2.27. The van der Waals surface area contributed by atoms with Gasteiger partial charge in [0.15, 0.2) is 0 Å². The van der Waals surface area contributed by atoms with Crippen molar-refractivity contribution in [3.05, 3.63) is 24.0 Å². The van der Waals surface area contributed by atoms with Crippen molar-refractivity contribution in [3.63, 3.8) is 0 Å². The Hall–Kier alpha value is -1.17. The fourth-order valence-corrected chi connectivity index (χ4v) is 1.84. The van der Waals surface area contributed by atoms with Crippen molar-refractivity contribution in [3.8, 4) is 5.75 Å². The number of pyridine rings is 1. The van der Waals surface area contributed by atoms with Gasteiger partial charge >= 0.3 is 0 Å². The van der Waals surface area contributed by atoms with Gasteiger partial charge in [0.25, 0.3) is 0 Å². The van der Waals surface area contributed by atoms with Gasteiger partial charge in [0.1, 0.15) is 18.0 Å². The molecule has 5 nitrogen and oxygen atoms in total. The zero-order chi connectivity index (χ0) is 13.0. The Labute approximate surface area is 107 Å². The Balaban J connectivity index is 2.06. The van der Waals surface area contributed by atoms with Crippen molar-refractivity contribution in [1.29, 1.82) is 0 Å². The molecule has 2 heterocycles. The summed E-state index contributed by atoms with van der Waals surface area (Å²) in [5, 5.41) is 10.2. The van der Waals surface area contributed by atoms with Crippen LogP contribution in [0.15, 0.2) is 18.5 Å².